The highest BCUT2D eigenvalue weighted by Crippen LogP contribution is 2.36. The molecule has 0 spiro atoms. The van der Waals surface area contributed by atoms with E-state index in [0.717, 1.165) is 6.29 Å². The maximum atomic E-state index is 10.8. The van der Waals surface area contributed by atoms with E-state index in [2.05, 4.69) is 33.9 Å². The largest absolute Gasteiger partial charge is 0.465 e. The second-order valence-electron chi connectivity index (χ2n) is 5.77. The molecule has 17 heavy (non-hydrogen) atoms. The number of carbonyl (C=O) groups excluding carboxylic acids is 2. The van der Waals surface area contributed by atoms with Gasteiger partial charge in [-0.05, 0) is 18.1 Å². The van der Waals surface area contributed by atoms with Crippen LogP contribution in [0.25, 0.3) is 0 Å². The molecule has 0 aromatic heterocycles. The van der Waals surface area contributed by atoms with Gasteiger partial charge in [0.15, 0.2) is 8.32 Å². The smallest absolute Gasteiger partial charge is 0.302 e. The number of rotatable bonds is 6. The van der Waals surface area contributed by atoms with Crippen LogP contribution in [0.5, 0.6) is 0 Å². The normalized spacial score (nSPS) is 14.2. The van der Waals surface area contributed by atoms with E-state index in [-0.39, 0.29) is 23.5 Å². The Morgan fingerprint density at radius 1 is 1.29 bits per heavy atom. The molecule has 0 amide bonds. The van der Waals surface area contributed by atoms with Gasteiger partial charge in [0.25, 0.3) is 0 Å². The molecule has 0 heterocycles. The number of hydrogen-bond acceptors (Lipinski definition) is 4. The molecule has 0 unspecified atom stereocenters. The highest BCUT2D eigenvalue weighted by atomic mass is 28.4. The van der Waals surface area contributed by atoms with Crippen LogP contribution < -0.4 is 0 Å². The van der Waals surface area contributed by atoms with Gasteiger partial charge in [0.2, 0.25) is 0 Å². The lowest BCUT2D eigenvalue weighted by Gasteiger charge is -2.36. The first-order chi connectivity index (χ1) is 7.60. The molecule has 0 aromatic carbocycles. The average molecular weight is 260 g/mol. The molecule has 0 saturated carbocycles. The summed E-state index contributed by atoms with van der Waals surface area (Å²) in [5.74, 6) is -0.739. The third-order valence-corrected chi connectivity index (χ3v) is 7.66. The molecular formula is C12H24O4Si. The molecule has 0 saturated heterocycles. The van der Waals surface area contributed by atoms with Crippen molar-refractivity contribution < 1.29 is 18.8 Å². The summed E-state index contributed by atoms with van der Waals surface area (Å²) < 4.78 is 10.7. The van der Waals surface area contributed by atoms with Crippen molar-refractivity contribution in [3.63, 3.8) is 0 Å². The van der Waals surface area contributed by atoms with Gasteiger partial charge >= 0.3 is 5.97 Å². The predicted molar refractivity (Wildman–Crippen MR) is 69.3 cm³/mol. The molecule has 5 heteroatoms. The highest BCUT2D eigenvalue weighted by molar-refractivity contribution is 6.74. The molecule has 0 aromatic rings. The molecule has 0 rings (SSSR count). The van der Waals surface area contributed by atoms with E-state index in [1.54, 1.807) is 0 Å². The first-order valence-corrected chi connectivity index (χ1v) is 8.73. The van der Waals surface area contributed by atoms with Crippen molar-refractivity contribution in [2.45, 2.75) is 45.8 Å². The van der Waals surface area contributed by atoms with E-state index in [1.165, 1.54) is 6.92 Å². The lowest BCUT2D eigenvalue weighted by atomic mass is 10.2. The van der Waals surface area contributed by atoms with Crippen LogP contribution in [0.1, 0.15) is 27.7 Å². The Balaban J connectivity index is 4.23. The molecule has 0 N–H and O–H groups in total. The molecule has 0 aliphatic heterocycles. The fraction of sp³-hybridized carbons (Fsp3) is 0.833. The first kappa shape index (κ1) is 16.3. The van der Waals surface area contributed by atoms with Crippen LogP contribution in [0.2, 0.25) is 18.1 Å². The molecule has 100 valence electrons. The Morgan fingerprint density at radius 2 is 1.82 bits per heavy atom. The molecule has 0 fully saturated rings. The zero-order chi connectivity index (χ0) is 13.7. The number of hydrogen-bond donors (Lipinski definition) is 0. The van der Waals surface area contributed by atoms with Crippen molar-refractivity contribution in [2.75, 3.05) is 13.2 Å². The van der Waals surface area contributed by atoms with Gasteiger partial charge in [-0.1, -0.05) is 20.8 Å². The maximum Gasteiger partial charge on any atom is 0.302 e. The quantitative estimate of drug-likeness (QED) is 0.418. The van der Waals surface area contributed by atoms with Gasteiger partial charge in [-0.2, -0.15) is 0 Å². The van der Waals surface area contributed by atoms with Crippen LogP contribution in [-0.2, 0) is 18.8 Å². The summed E-state index contributed by atoms with van der Waals surface area (Å²) in [5.41, 5.74) is 0. The topological polar surface area (TPSA) is 52.6 Å². The molecule has 0 radical (unpaired) electrons. The van der Waals surface area contributed by atoms with Gasteiger partial charge in [0, 0.05) is 13.5 Å². The summed E-state index contributed by atoms with van der Waals surface area (Å²) in [5, 5.41) is 0.113. The van der Waals surface area contributed by atoms with E-state index in [9.17, 15) is 9.59 Å². The van der Waals surface area contributed by atoms with Crippen molar-refractivity contribution in [1.29, 1.82) is 0 Å². The van der Waals surface area contributed by atoms with E-state index < -0.39 is 8.32 Å². The number of esters is 1. The third kappa shape index (κ3) is 5.98. The van der Waals surface area contributed by atoms with Gasteiger partial charge in [-0.25, -0.2) is 0 Å². The van der Waals surface area contributed by atoms with Gasteiger partial charge in [-0.15, -0.1) is 0 Å². The summed E-state index contributed by atoms with van der Waals surface area (Å²) in [7, 11) is -1.84. The second kappa shape index (κ2) is 6.30. The Kier molecular flexibility index (Phi) is 6.05. The summed E-state index contributed by atoms with van der Waals surface area (Å²) in [4.78, 5) is 21.5. The third-order valence-electron chi connectivity index (χ3n) is 3.16. The van der Waals surface area contributed by atoms with E-state index >= 15 is 0 Å². The monoisotopic (exact) mass is 260 g/mol. The van der Waals surface area contributed by atoms with E-state index in [1.807, 2.05) is 0 Å². The van der Waals surface area contributed by atoms with Gasteiger partial charge in [0.05, 0.1) is 5.92 Å². The average Bonchev–Trinajstić information content (AvgIpc) is 2.15. The molecule has 0 bridgehead atoms. The SMILES string of the molecule is CC(=O)OC[C@@H](C=O)CO[Si](C)(C)C(C)(C)C. The first-order valence-electron chi connectivity index (χ1n) is 5.83. The molecule has 1 atom stereocenters. The predicted octanol–water partition coefficient (Wildman–Crippen LogP) is 2.39. The van der Waals surface area contributed by atoms with E-state index in [0.29, 0.717) is 6.61 Å². The number of aldehydes is 1. The minimum absolute atomic E-state index is 0.105. The van der Waals surface area contributed by atoms with Crippen LogP contribution in [0.3, 0.4) is 0 Å². The summed E-state index contributed by atoms with van der Waals surface area (Å²) in [6.07, 6.45) is 0.788. The van der Waals surface area contributed by atoms with Crippen molar-refractivity contribution in [3.05, 3.63) is 0 Å². The molecule has 4 nitrogen and oxygen atoms in total. The van der Waals surface area contributed by atoms with Gasteiger partial charge in [-0.3, -0.25) is 4.79 Å². The Hall–Kier alpha value is -0.683. The second-order valence-corrected chi connectivity index (χ2v) is 10.6. The van der Waals surface area contributed by atoms with Crippen LogP contribution in [0.4, 0.5) is 0 Å². The Bertz CT molecular complexity index is 268. The van der Waals surface area contributed by atoms with Gasteiger partial charge < -0.3 is 14.0 Å². The number of carbonyl (C=O) groups is 2. The lowest BCUT2D eigenvalue weighted by molar-refractivity contribution is -0.143. The van der Waals surface area contributed by atoms with Crippen molar-refractivity contribution >= 4 is 20.6 Å². The van der Waals surface area contributed by atoms with E-state index in [4.69, 9.17) is 9.16 Å². The molecule has 0 aliphatic carbocycles. The zero-order valence-corrected chi connectivity index (χ0v) is 12.7. The van der Waals surface area contributed by atoms with Crippen LogP contribution in [0, 0.1) is 5.92 Å². The summed E-state index contributed by atoms with van der Waals surface area (Å²) in [6.45, 7) is 12.4. The molecular weight excluding hydrogens is 236 g/mol. The maximum absolute atomic E-state index is 10.8. The Labute approximate surface area is 105 Å². The van der Waals surface area contributed by atoms with Crippen molar-refractivity contribution in [2.24, 2.45) is 5.92 Å². The lowest BCUT2D eigenvalue weighted by Crippen LogP contribution is -2.42. The van der Waals surface area contributed by atoms with Crippen molar-refractivity contribution in [1.82, 2.24) is 0 Å². The fourth-order valence-corrected chi connectivity index (χ4v) is 1.95. The minimum Gasteiger partial charge on any atom is -0.465 e. The Morgan fingerprint density at radius 3 is 2.18 bits per heavy atom. The number of ether oxygens (including phenoxy) is 1. The standard InChI is InChI=1S/C12H24O4Si/c1-10(14)15-8-11(7-13)9-16-17(5,6)12(2,3)4/h7,11H,8-9H2,1-6H3/t11-/m1/s1. The fourth-order valence-electron chi connectivity index (χ4n) is 0.883. The summed E-state index contributed by atoms with van der Waals surface area (Å²) in [6, 6.07) is 0. The molecule has 0 aliphatic rings. The zero-order valence-electron chi connectivity index (χ0n) is 11.7. The van der Waals surface area contributed by atoms with Gasteiger partial charge in [0.1, 0.15) is 12.9 Å². The highest BCUT2D eigenvalue weighted by Gasteiger charge is 2.37. The van der Waals surface area contributed by atoms with Crippen LogP contribution in [0.15, 0.2) is 0 Å². The van der Waals surface area contributed by atoms with Crippen LogP contribution >= 0.6 is 0 Å². The van der Waals surface area contributed by atoms with Crippen molar-refractivity contribution in [3.8, 4) is 0 Å². The minimum atomic E-state index is -1.84. The summed E-state index contributed by atoms with van der Waals surface area (Å²) >= 11 is 0. The van der Waals surface area contributed by atoms with Crippen LogP contribution in [-0.4, -0.2) is 33.8 Å².